The van der Waals surface area contributed by atoms with Crippen molar-refractivity contribution in [3.63, 3.8) is 0 Å². The minimum atomic E-state index is -1.67. The number of hydrogen-bond acceptors (Lipinski definition) is 10. The maximum Gasteiger partial charge on any atom is 0.249 e. The zero-order valence-electron chi connectivity index (χ0n) is 45.7. The fraction of sp³-hybridized carbons (Fsp3) is 0.883. The van der Waals surface area contributed by atoms with Gasteiger partial charge in [0, 0.05) is 0 Å². The van der Waals surface area contributed by atoms with Crippen molar-refractivity contribution in [2.24, 2.45) is 0 Å². The van der Waals surface area contributed by atoms with Crippen molar-refractivity contribution < 1.29 is 50.0 Å². The Labute approximate surface area is 435 Å². The molecule has 11 heteroatoms. The number of hydrogen-bond donors (Lipinski definition) is 8. The predicted molar refractivity (Wildman–Crippen MR) is 293 cm³/mol. The zero-order valence-corrected chi connectivity index (χ0v) is 45.7. The van der Waals surface area contributed by atoms with Gasteiger partial charge in [-0.3, -0.25) is 4.79 Å². The first kappa shape index (κ1) is 67.3. The molecule has 1 fully saturated rings. The van der Waals surface area contributed by atoms with E-state index in [0.29, 0.717) is 19.3 Å². The van der Waals surface area contributed by atoms with Crippen LogP contribution in [0.25, 0.3) is 0 Å². The highest BCUT2D eigenvalue weighted by Crippen LogP contribution is 2.23. The van der Waals surface area contributed by atoms with Crippen LogP contribution in [0.2, 0.25) is 0 Å². The van der Waals surface area contributed by atoms with Gasteiger partial charge in [-0.05, 0) is 77.0 Å². The molecule has 1 rings (SSSR count). The summed E-state index contributed by atoms with van der Waals surface area (Å²) in [5.74, 6) is -0.718. The first-order chi connectivity index (χ1) is 34.7. The third-order valence-electron chi connectivity index (χ3n) is 14.4. The smallest absolute Gasteiger partial charge is 0.249 e. The molecule has 0 aromatic heterocycles. The van der Waals surface area contributed by atoms with Crippen molar-refractivity contribution >= 4 is 5.91 Å². The Morgan fingerprint density at radius 1 is 0.479 bits per heavy atom. The van der Waals surface area contributed by atoms with Gasteiger partial charge in [0.05, 0.1) is 25.4 Å². The van der Waals surface area contributed by atoms with Crippen LogP contribution in [-0.2, 0) is 14.3 Å². The molecular weight excluding hydrogens is 895 g/mol. The molecule has 9 atom stereocenters. The Kier molecular flexibility index (Phi) is 46.7. The molecule has 418 valence electrons. The average molecular weight is 1010 g/mol. The second-order valence-corrected chi connectivity index (χ2v) is 21.0. The highest BCUT2D eigenvalue weighted by atomic mass is 16.7. The third-order valence-corrected chi connectivity index (χ3v) is 14.4. The van der Waals surface area contributed by atoms with Crippen LogP contribution in [0, 0.1) is 0 Å². The molecular formula is C60H113NO10. The molecule has 1 aliphatic heterocycles. The highest BCUT2D eigenvalue weighted by Gasteiger charge is 2.44. The van der Waals surface area contributed by atoms with Gasteiger partial charge in [-0.2, -0.15) is 0 Å². The third kappa shape index (κ3) is 37.7. The topological polar surface area (TPSA) is 189 Å². The van der Waals surface area contributed by atoms with Crippen LogP contribution in [0.5, 0.6) is 0 Å². The average Bonchev–Trinajstić information content (AvgIpc) is 3.37. The van der Waals surface area contributed by atoms with E-state index in [9.17, 15) is 40.5 Å². The summed E-state index contributed by atoms with van der Waals surface area (Å²) in [6, 6.07) is -1.20. The molecule has 0 bridgehead atoms. The van der Waals surface area contributed by atoms with Crippen LogP contribution in [-0.4, -0.2) is 110 Å². The summed E-state index contributed by atoms with van der Waals surface area (Å²) < 4.78 is 11.1. The van der Waals surface area contributed by atoms with E-state index in [1.807, 2.05) is 0 Å². The molecule has 0 spiro atoms. The van der Waals surface area contributed by atoms with Gasteiger partial charge in [0.1, 0.15) is 36.6 Å². The van der Waals surface area contributed by atoms with Crippen molar-refractivity contribution in [2.45, 2.75) is 326 Å². The molecule has 0 aromatic rings. The fourth-order valence-corrected chi connectivity index (χ4v) is 9.51. The van der Waals surface area contributed by atoms with Crippen molar-refractivity contribution in [1.82, 2.24) is 5.32 Å². The number of amides is 1. The van der Waals surface area contributed by atoms with Crippen LogP contribution in [0.1, 0.15) is 271 Å². The molecule has 0 saturated carbocycles. The first-order valence-electron chi connectivity index (χ1n) is 29.9. The summed E-state index contributed by atoms with van der Waals surface area (Å²) in [5.41, 5.74) is 0. The Balaban J connectivity index is 2.29. The number of nitrogens with one attached hydrogen (secondary N) is 1. The molecule has 1 amide bonds. The van der Waals surface area contributed by atoms with Crippen LogP contribution in [0.4, 0.5) is 0 Å². The number of carbonyl (C=O) groups excluding carboxylic acids is 1. The van der Waals surface area contributed by atoms with Crippen molar-refractivity contribution in [3.05, 3.63) is 36.5 Å². The maximum atomic E-state index is 13.1. The van der Waals surface area contributed by atoms with Crippen molar-refractivity contribution in [2.75, 3.05) is 13.2 Å². The molecule has 9 unspecified atom stereocenters. The number of allylic oxidation sites excluding steroid dienone is 6. The van der Waals surface area contributed by atoms with Gasteiger partial charge < -0.3 is 50.5 Å². The number of carbonyl (C=O) groups is 1. The molecule has 0 radical (unpaired) electrons. The van der Waals surface area contributed by atoms with E-state index in [1.165, 1.54) is 173 Å². The highest BCUT2D eigenvalue weighted by molar-refractivity contribution is 5.80. The summed E-state index contributed by atoms with van der Waals surface area (Å²) in [7, 11) is 0. The van der Waals surface area contributed by atoms with Gasteiger partial charge in [-0.1, -0.05) is 230 Å². The summed E-state index contributed by atoms with van der Waals surface area (Å²) in [5, 5.41) is 76.0. The standard InChI is InChI=1S/C60H113NO10/c1-3-5-7-9-11-13-15-17-19-20-21-22-23-24-25-26-27-28-29-30-31-32-34-35-37-39-41-43-45-47-52(63)55(65)51(50-70-60-58(68)57(67)56(66)54(49-62)71-60)61-59(69)53(64)48-46-44-42-40-38-36-33-18-16-14-12-10-8-6-4-2/h32-34,36,39,41,51-58,60,62-68H,3-31,35,37-38,40,42-50H2,1-2H3,(H,61,69)/b34-32+,36-33-,41-39+. The number of aliphatic hydroxyl groups excluding tert-OH is 7. The Morgan fingerprint density at radius 2 is 0.845 bits per heavy atom. The Morgan fingerprint density at radius 3 is 1.25 bits per heavy atom. The molecule has 0 aromatic carbocycles. The normalized spacial score (nSPS) is 20.4. The molecule has 1 heterocycles. The van der Waals surface area contributed by atoms with E-state index in [2.05, 4.69) is 55.6 Å². The van der Waals surface area contributed by atoms with Crippen molar-refractivity contribution in [3.8, 4) is 0 Å². The van der Waals surface area contributed by atoms with E-state index >= 15 is 0 Å². The number of ether oxygens (including phenoxy) is 2. The summed E-state index contributed by atoms with van der Waals surface area (Å²) in [6.45, 7) is 3.44. The summed E-state index contributed by atoms with van der Waals surface area (Å²) in [6.07, 6.45) is 49.3. The lowest BCUT2D eigenvalue weighted by atomic mass is 9.98. The van der Waals surface area contributed by atoms with E-state index in [-0.39, 0.29) is 12.8 Å². The lowest BCUT2D eigenvalue weighted by molar-refractivity contribution is -0.303. The molecule has 1 saturated heterocycles. The van der Waals surface area contributed by atoms with E-state index in [4.69, 9.17) is 9.47 Å². The van der Waals surface area contributed by atoms with Crippen LogP contribution >= 0.6 is 0 Å². The number of rotatable bonds is 51. The summed E-state index contributed by atoms with van der Waals surface area (Å²) >= 11 is 0. The van der Waals surface area contributed by atoms with Gasteiger partial charge in [-0.25, -0.2) is 0 Å². The molecule has 11 nitrogen and oxygen atoms in total. The first-order valence-corrected chi connectivity index (χ1v) is 29.9. The van der Waals surface area contributed by atoms with Gasteiger partial charge in [0.15, 0.2) is 6.29 Å². The molecule has 71 heavy (non-hydrogen) atoms. The number of aliphatic hydroxyl groups is 7. The Hall–Kier alpha value is -1.67. The minimum absolute atomic E-state index is 0.237. The fourth-order valence-electron chi connectivity index (χ4n) is 9.51. The Bertz CT molecular complexity index is 1250. The van der Waals surface area contributed by atoms with Crippen LogP contribution in [0.15, 0.2) is 36.5 Å². The van der Waals surface area contributed by atoms with E-state index < -0.39 is 74.2 Å². The SMILES string of the molecule is CCCCCCCCC/C=C\CCCCCCC(O)C(=O)NC(COC1OC(CO)C(O)C(O)C1O)C(O)C(O)CCC/C=C/CC/C=C/CCCCCCCCCCCCCCCCCCCCCC. The maximum absolute atomic E-state index is 13.1. The van der Waals surface area contributed by atoms with Gasteiger partial charge >= 0.3 is 0 Å². The zero-order chi connectivity index (χ0) is 51.8. The second kappa shape index (κ2) is 49.2. The predicted octanol–water partition coefficient (Wildman–Crippen LogP) is 12.7. The monoisotopic (exact) mass is 1010 g/mol. The largest absolute Gasteiger partial charge is 0.394 e. The minimum Gasteiger partial charge on any atom is -0.394 e. The molecule has 0 aliphatic carbocycles. The van der Waals surface area contributed by atoms with Gasteiger partial charge in [0.25, 0.3) is 0 Å². The van der Waals surface area contributed by atoms with Gasteiger partial charge in [0.2, 0.25) is 5.91 Å². The quantitative estimate of drug-likeness (QED) is 0.0215. The van der Waals surface area contributed by atoms with E-state index in [0.717, 1.165) is 51.4 Å². The lowest BCUT2D eigenvalue weighted by Crippen LogP contribution is -2.60. The molecule has 8 N–H and O–H groups in total. The van der Waals surface area contributed by atoms with Crippen LogP contribution in [0.3, 0.4) is 0 Å². The summed E-state index contributed by atoms with van der Waals surface area (Å²) in [4.78, 5) is 13.1. The molecule has 1 aliphatic rings. The van der Waals surface area contributed by atoms with Crippen molar-refractivity contribution in [1.29, 1.82) is 0 Å². The van der Waals surface area contributed by atoms with Crippen LogP contribution < -0.4 is 5.32 Å². The second-order valence-electron chi connectivity index (χ2n) is 21.0. The van der Waals surface area contributed by atoms with Gasteiger partial charge in [-0.15, -0.1) is 0 Å². The van der Waals surface area contributed by atoms with E-state index in [1.54, 1.807) is 0 Å². The number of unbranched alkanes of at least 4 members (excludes halogenated alkanes) is 33. The lowest BCUT2D eigenvalue weighted by Gasteiger charge is -2.40.